The van der Waals surface area contributed by atoms with Gasteiger partial charge in [-0.25, -0.2) is 0 Å². The predicted molar refractivity (Wildman–Crippen MR) is 70.8 cm³/mol. The van der Waals surface area contributed by atoms with Gasteiger partial charge >= 0.3 is 0 Å². The van der Waals surface area contributed by atoms with Crippen LogP contribution in [-0.2, 0) is 9.59 Å². The van der Waals surface area contributed by atoms with Gasteiger partial charge in [0.1, 0.15) is 5.75 Å². The Morgan fingerprint density at radius 1 is 1.16 bits per heavy atom. The van der Waals surface area contributed by atoms with Gasteiger partial charge in [0.2, 0.25) is 12.3 Å². The number of amides is 2. The number of carbonyl (C=O) groups excluding carboxylic acids is 2. The highest BCUT2D eigenvalue weighted by Gasteiger charge is 2.19. The molecule has 19 heavy (non-hydrogen) atoms. The van der Waals surface area contributed by atoms with E-state index in [1.165, 1.54) is 0 Å². The molecule has 0 N–H and O–H groups in total. The van der Waals surface area contributed by atoms with E-state index in [9.17, 15) is 9.59 Å². The van der Waals surface area contributed by atoms with Crippen LogP contribution in [0, 0.1) is 0 Å². The number of hydrogen-bond donors (Lipinski definition) is 0. The Balaban J connectivity index is 1.69. The molecule has 2 rings (SSSR count). The number of ether oxygens (including phenoxy) is 1. The van der Waals surface area contributed by atoms with Crippen LogP contribution in [-0.4, -0.2) is 54.9 Å². The van der Waals surface area contributed by atoms with Crippen molar-refractivity contribution in [3.63, 3.8) is 0 Å². The zero-order valence-corrected chi connectivity index (χ0v) is 10.8. The fourth-order valence-electron chi connectivity index (χ4n) is 2.01. The summed E-state index contributed by atoms with van der Waals surface area (Å²) in [5, 5.41) is 0. The number of para-hydroxylation sites is 1. The molecule has 1 heterocycles. The second kappa shape index (κ2) is 6.78. The molecule has 1 aromatic carbocycles. The molecule has 0 bridgehead atoms. The van der Waals surface area contributed by atoms with Gasteiger partial charge in [0.25, 0.3) is 0 Å². The van der Waals surface area contributed by atoms with E-state index in [1.54, 1.807) is 9.80 Å². The Kier molecular flexibility index (Phi) is 4.78. The fourth-order valence-corrected chi connectivity index (χ4v) is 2.01. The van der Waals surface area contributed by atoms with Crippen LogP contribution < -0.4 is 4.74 Å². The third-order valence-corrected chi connectivity index (χ3v) is 3.14. The molecule has 0 aromatic heterocycles. The predicted octanol–water partition coefficient (Wildman–Crippen LogP) is 0.756. The Labute approximate surface area is 112 Å². The van der Waals surface area contributed by atoms with Crippen molar-refractivity contribution in [3.8, 4) is 5.75 Å². The normalized spacial score (nSPS) is 15.2. The van der Waals surface area contributed by atoms with Crippen LogP contribution in [0.25, 0.3) is 0 Å². The van der Waals surface area contributed by atoms with Gasteiger partial charge in [-0.05, 0) is 12.1 Å². The van der Waals surface area contributed by atoms with Crippen LogP contribution in [0.2, 0.25) is 0 Å². The summed E-state index contributed by atoms with van der Waals surface area (Å²) in [5.74, 6) is 0.863. The van der Waals surface area contributed by atoms with Crippen molar-refractivity contribution in [2.45, 2.75) is 6.42 Å². The summed E-state index contributed by atoms with van der Waals surface area (Å²) in [6.45, 7) is 2.85. The van der Waals surface area contributed by atoms with Crippen molar-refractivity contribution >= 4 is 12.3 Å². The molecule has 0 aliphatic carbocycles. The highest BCUT2D eigenvalue weighted by atomic mass is 16.5. The Morgan fingerprint density at radius 2 is 1.84 bits per heavy atom. The molecular formula is C14H18N2O3. The first-order chi connectivity index (χ1) is 9.29. The van der Waals surface area contributed by atoms with E-state index < -0.39 is 0 Å². The Bertz CT molecular complexity index is 414. The van der Waals surface area contributed by atoms with Crippen LogP contribution in [0.3, 0.4) is 0 Å². The van der Waals surface area contributed by atoms with E-state index >= 15 is 0 Å². The van der Waals surface area contributed by atoms with Gasteiger partial charge in [-0.1, -0.05) is 18.2 Å². The van der Waals surface area contributed by atoms with Crippen LogP contribution in [0.15, 0.2) is 30.3 Å². The minimum atomic E-state index is 0.0847. The number of piperazine rings is 1. The molecule has 0 radical (unpaired) electrons. The van der Waals surface area contributed by atoms with Gasteiger partial charge in [0.05, 0.1) is 13.0 Å². The van der Waals surface area contributed by atoms with Gasteiger partial charge < -0.3 is 14.5 Å². The van der Waals surface area contributed by atoms with Crippen molar-refractivity contribution in [1.29, 1.82) is 0 Å². The van der Waals surface area contributed by atoms with Crippen molar-refractivity contribution in [3.05, 3.63) is 30.3 Å². The maximum Gasteiger partial charge on any atom is 0.226 e. The second-order valence-electron chi connectivity index (χ2n) is 4.43. The number of carbonyl (C=O) groups is 2. The first-order valence-electron chi connectivity index (χ1n) is 6.44. The third-order valence-electron chi connectivity index (χ3n) is 3.14. The fraction of sp³-hybridized carbons (Fsp3) is 0.429. The first kappa shape index (κ1) is 13.4. The summed E-state index contributed by atoms with van der Waals surface area (Å²) in [6, 6.07) is 9.46. The van der Waals surface area contributed by atoms with Crippen LogP contribution in [0.5, 0.6) is 5.75 Å². The molecule has 1 saturated heterocycles. The number of rotatable bonds is 5. The van der Waals surface area contributed by atoms with Crippen molar-refractivity contribution in [2.75, 3.05) is 32.8 Å². The lowest BCUT2D eigenvalue weighted by atomic mass is 10.3. The molecule has 2 amide bonds. The number of nitrogens with zero attached hydrogens (tertiary/aromatic N) is 2. The summed E-state index contributed by atoms with van der Waals surface area (Å²) in [7, 11) is 0. The quantitative estimate of drug-likeness (QED) is 0.736. The van der Waals surface area contributed by atoms with Crippen molar-refractivity contribution < 1.29 is 14.3 Å². The van der Waals surface area contributed by atoms with Gasteiger partial charge in [0, 0.05) is 26.2 Å². The van der Waals surface area contributed by atoms with Crippen molar-refractivity contribution in [1.82, 2.24) is 9.80 Å². The number of benzene rings is 1. The minimum Gasteiger partial charge on any atom is -0.493 e. The first-order valence-corrected chi connectivity index (χ1v) is 6.44. The zero-order chi connectivity index (χ0) is 13.5. The molecule has 5 nitrogen and oxygen atoms in total. The third kappa shape index (κ3) is 3.98. The van der Waals surface area contributed by atoms with Crippen LogP contribution >= 0.6 is 0 Å². The number of hydrogen-bond acceptors (Lipinski definition) is 3. The average molecular weight is 262 g/mol. The summed E-state index contributed by atoms with van der Waals surface area (Å²) < 4.78 is 5.50. The molecule has 5 heteroatoms. The zero-order valence-electron chi connectivity index (χ0n) is 10.8. The Hall–Kier alpha value is -2.04. The van der Waals surface area contributed by atoms with E-state index in [-0.39, 0.29) is 5.91 Å². The minimum absolute atomic E-state index is 0.0847. The second-order valence-corrected chi connectivity index (χ2v) is 4.43. The molecule has 0 atom stereocenters. The molecule has 102 valence electrons. The van der Waals surface area contributed by atoms with Gasteiger partial charge in [-0.15, -0.1) is 0 Å². The van der Waals surface area contributed by atoms with Crippen molar-refractivity contribution in [2.24, 2.45) is 0 Å². The largest absolute Gasteiger partial charge is 0.493 e. The van der Waals surface area contributed by atoms with E-state index in [1.807, 2.05) is 30.3 Å². The summed E-state index contributed by atoms with van der Waals surface area (Å²) in [5.41, 5.74) is 0. The lowest BCUT2D eigenvalue weighted by Crippen LogP contribution is -2.48. The summed E-state index contributed by atoms with van der Waals surface area (Å²) >= 11 is 0. The highest BCUT2D eigenvalue weighted by Crippen LogP contribution is 2.09. The molecule has 0 spiro atoms. The van der Waals surface area contributed by atoms with E-state index in [0.717, 1.165) is 12.2 Å². The Morgan fingerprint density at radius 3 is 2.47 bits per heavy atom. The lowest BCUT2D eigenvalue weighted by molar-refractivity contribution is -0.135. The molecule has 0 saturated carbocycles. The molecule has 1 fully saturated rings. The maximum atomic E-state index is 11.9. The highest BCUT2D eigenvalue weighted by molar-refractivity contribution is 5.76. The average Bonchev–Trinajstić information content (AvgIpc) is 2.48. The molecular weight excluding hydrogens is 244 g/mol. The topological polar surface area (TPSA) is 49.9 Å². The molecule has 1 aliphatic heterocycles. The van der Waals surface area contributed by atoms with E-state index in [2.05, 4.69) is 0 Å². The molecule has 1 aromatic rings. The molecule has 1 aliphatic rings. The summed E-state index contributed by atoms with van der Waals surface area (Å²) in [4.78, 5) is 26.0. The van der Waals surface area contributed by atoms with Gasteiger partial charge in [-0.2, -0.15) is 0 Å². The lowest BCUT2D eigenvalue weighted by Gasteiger charge is -2.32. The monoisotopic (exact) mass is 262 g/mol. The van der Waals surface area contributed by atoms with E-state index in [0.29, 0.717) is 39.2 Å². The maximum absolute atomic E-state index is 11.9. The van der Waals surface area contributed by atoms with Gasteiger partial charge in [-0.3, -0.25) is 9.59 Å². The van der Waals surface area contributed by atoms with Crippen LogP contribution in [0.1, 0.15) is 6.42 Å². The summed E-state index contributed by atoms with van der Waals surface area (Å²) in [6.07, 6.45) is 1.20. The SMILES string of the molecule is O=CN1CCN(C(=O)CCOc2ccccc2)CC1. The smallest absolute Gasteiger partial charge is 0.226 e. The van der Waals surface area contributed by atoms with Gasteiger partial charge in [0.15, 0.2) is 0 Å². The van der Waals surface area contributed by atoms with Crippen LogP contribution in [0.4, 0.5) is 0 Å². The molecule has 0 unspecified atom stereocenters. The standard InChI is InChI=1S/C14H18N2O3/c17-12-15-7-9-16(10-8-15)14(18)6-11-19-13-4-2-1-3-5-13/h1-5,12H,6-11H2. The van der Waals surface area contributed by atoms with E-state index in [4.69, 9.17) is 4.74 Å².